The summed E-state index contributed by atoms with van der Waals surface area (Å²) in [4.78, 5) is 12.5. The molecule has 1 nitrogen and oxygen atoms in total. The Kier molecular flexibility index (Phi) is 3.86. The molecule has 3 rings (SSSR count). The maximum absolute atomic E-state index is 12.5. The number of hydrogen-bond donors (Lipinski definition) is 0. The second kappa shape index (κ2) is 5.65. The lowest BCUT2D eigenvalue weighted by Gasteiger charge is -2.06. The zero-order chi connectivity index (χ0) is 15.0. The lowest BCUT2D eigenvalue weighted by Crippen LogP contribution is -2.03. The zero-order valence-electron chi connectivity index (χ0n) is 12.3. The van der Waals surface area contributed by atoms with Gasteiger partial charge in [0.1, 0.15) is 0 Å². The lowest BCUT2D eigenvalue weighted by atomic mass is 9.98. The predicted octanol–water partition coefficient (Wildman–Crippen LogP) is 5.45. The van der Waals surface area contributed by atoms with Crippen LogP contribution < -0.4 is 0 Å². The summed E-state index contributed by atoms with van der Waals surface area (Å²) in [6, 6.07) is 15.9. The van der Waals surface area contributed by atoms with Crippen molar-refractivity contribution in [2.45, 2.75) is 32.1 Å². The molecule has 0 saturated heterocycles. The van der Waals surface area contributed by atoms with E-state index in [2.05, 4.69) is 26.0 Å². The molecule has 0 spiro atoms. The van der Waals surface area contributed by atoms with Gasteiger partial charge in [-0.05, 0) is 41.5 Å². The van der Waals surface area contributed by atoms with Gasteiger partial charge in [-0.15, -0.1) is 0 Å². The summed E-state index contributed by atoms with van der Waals surface area (Å²) in [5.74, 6) is 1.26. The summed E-state index contributed by atoms with van der Waals surface area (Å²) >= 11 is 5.90. The van der Waals surface area contributed by atoms with E-state index in [0.29, 0.717) is 11.8 Å². The third-order valence-corrected chi connectivity index (χ3v) is 4.54. The summed E-state index contributed by atoms with van der Waals surface area (Å²) in [7, 11) is 0. The zero-order valence-corrected chi connectivity index (χ0v) is 13.1. The first-order chi connectivity index (χ1) is 10.1. The Labute approximate surface area is 131 Å². The van der Waals surface area contributed by atoms with E-state index in [1.165, 1.54) is 11.1 Å². The minimum Gasteiger partial charge on any atom is -0.294 e. The largest absolute Gasteiger partial charge is 0.294 e. The molecule has 0 N–H and O–H groups in total. The number of carbonyl (C=O) groups is 1. The van der Waals surface area contributed by atoms with Gasteiger partial charge in [-0.3, -0.25) is 4.79 Å². The van der Waals surface area contributed by atoms with Gasteiger partial charge in [0.25, 0.3) is 0 Å². The number of Topliss-reactive ketones (excluding diaryl/α,β-unsaturated/α-hetero) is 1. The first-order valence-electron chi connectivity index (χ1n) is 7.46. The van der Waals surface area contributed by atoms with E-state index in [1.54, 1.807) is 0 Å². The van der Waals surface area contributed by atoms with E-state index >= 15 is 0 Å². The van der Waals surface area contributed by atoms with Gasteiger partial charge >= 0.3 is 0 Å². The molecule has 2 aromatic rings. The van der Waals surface area contributed by atoms with Crippen LogP contribution in [0.2, 0.25) is 5.02 Å². The standard InChI is InChI=1S/C19H19ClO/c1-12(2)13-3-5-15(6-4-13)19(21)18-11-17(18)14-7-9-16(20)10-8-14/h3-10,12,17-18H,11H2,1-2H3. The van der Waals surface area contributed by atoms with Crippen LogP contribution in [-0.2, 0) is 0 Å². The summed E-state index contributed by atoms with van der Waals surface area (Å²) in [5.41, 5.74) is 3.33. The van der Waals surface area contributed by atoms with Crippen LogP contribution in [0.5, 0.6) is 0 Å². The molecule has 2 atom stereocenters. The molecule has 21 heavy (non-hydrogen) atoms. The number of hydrogen-bond acceptors (Lipinski definition) is 1. The molecular formula is C19H19ClO. The number of carbonyl (C=O) groups excluding carboxylic acids is 1. The Morgan fingerprint density at radius 2 is 1.67 bits per heavy atom. The van der Waals surface area contributed by atoms with E-state index in [-0.39, 0.29) is 11.7 Å². The van der Waals surface area contributed by atoms with Crippen LogP contribution in [0.15, 0.2) is 48.5 Å². The summed E-state index contributed by atoms with van der Waals surface area (Å²) in [5, 5.41) is 0.742. The van der Waals surface area contributed by atoms with Gasteiger partial charge in [0.05, 0.1) is 0 Å². The van der Waals surface area contributed by atoms with Crippen LogP contribution in [0.3, 0.4) is 0 Å². The fraction of sp³-hybridized carbons (Fsp3) is 0.316. The van der Waals surface area contributed by atoms with E-state index in [9.17, 15) is 4.79 Å². The van der Waals surface area contributed by atoms with Gasteiger partial charge in [0, 0.05) is 16.5 Å². The smallest absolute Gasteiger partial charge is 0.166 e. The van der Waals surface area contributed by atoms with Gasteiger partial charge in [0.15, 0.2) is 5.78 Å². The van der Waals surface area contributed by atoms with Crippen LogP contribution in [-0.4, -0.2) is 5.78 Å². The molecule has 2 unspecified atom stereocenters. The Hall–Kier alpha value is -1.60. The number of halogens is 1. The third-order valence-electron chi connectivity index (χ3n) is 4.29. The van der Waals surface area contributed by atoms with Crippen molar-refractivity contribution in [3.63, 3.8) is 0 Å². The maximum Gasteiger partial charge on any atom is 0.166 e. The summed E-state index contributed by atoms with van der Waals surface area (Å²) in [6.07, 6.45) is 0.951. The monoisotopic (exact) mass is 298 g/mol. The van der Waals surface area contributed by atoms with E-state index in [1.807, 2.05) is 36.4 Å². The fourth-order valence-corrected chi connectivity index (χ4v) is 2.94. The van der Waals surface area contributed by atoms with Gasteiger partial charge in [-0.1, -0.05) is 61.8 Å². The number of benzene rings is 2. The molecule has 2 heteroatoms. The molecule has 1 fully saturated rings. The molecule has 0 heterocycles. The SMILES string of the molecule is CC(C)c1ccc(C(=O)C2CC2c2ccc(Cl)cc2)cc1. The average Bonchev–Trinajstić information content (AvgIpc) is 3.28. The summed E-state index contributed by atoms with van der Waals surface area (Å²) < 4.78 is 0. The highest BCUT2D eigenvalue weighted by Crippen LogP contribution is 2.49. The molecule has 0 aliphatic heterocycles. The first kappa shape index (κ1) is 14.3. The molecule has 1 saturated carbocycles. The molecule has 0 amide bonds. The highest BCUT2D eigenvalue weighted by atomic mass is 35.5. The number of ketones is 1. The van der Waals surface area contributed by atoms with Crippen LogP contribution in [0, 0.1) is 5.92 Å². The van der Waals surface area contributed by atoms with Gasteiger partial charge < -0.3 is 0 Å². The van der Waals surface area contributed by atoms with Crippen molar-refractivity contribution in [2.24, 2.45) is 5.92 Å². The Morgan fingerprint density at radius 1 is 1.05 bits per heavy atom. The van der Waals surface area contributed by atoms with Crippen LogP contribution >= 0.6 is 11.6 Å². The molecule has 1 aliphatic rings. The predicted molar refractivity (Wildman–Crippen MR) is 87.2 cm³/mol. The molecule has 0 bridgehead atoms. The van der Waals surface area contributed by atoms with E-state index in [0.717, 1.165) is 17.0 Å². The molecular weight excluding hydrogens is 280 g/mol. The van der Waals surface area contributed by atoms with Gasteiger partial charge in [-0.25, -0.2) is 0 Å². The normalized spacial score (nSPS) is 20.6. The highest BCUT2D eigenvalue weighted by Gasteiger charge is 2.43. The Bertz CT molecular complexity index is 640. The van der Waals surface area contributed by atoms with Crippen molar-refractivity contribution in [2.75, 3.05) is 0 Å². The van der Waals surface area contributed by atoms with Gasteiger partial charge in [0.2, 0.25) is 0 Å². The van der Waals surface area contributed by atoms with Crippen LogP contribution in [0.1, 0.15) is 53.6 Å². The highest BCUT2D eigenvalue weighted by molar-refractivity contribution is 6.30. The second-order valence-electron chi connectivity index (χ2n) is 6.14. The Morgan fingerprint density at radius 3 is 2.24 bits per heavy atom. The lowest BCUT2D eigenvalue weighted by molar-refractivity contribution is 0.0965. The summed E-state index contributed by atoms with van der Waals surface area (Å²) in [6.45, 7) is 4.32. The molecule has 1 aliphatic carbocycles. The van der Waals surface area contributed by atoms with E-state index in [4.69, 9.17) is 11.6 Å². The molecule has 0 aromatic heterocycles. The molecule has 108 valence electrons. The van der Waals surface area contributed by atoms with Crippen molar-refractivity contribution in [3.8, 4) is 0 Å². The van der Waals surface area contributed by atoms with Crippen molar-refractivity contribution >= 4 is 17.4 Å². The fourth-order valence-electron chi connectivity index (χ4n) is 2.81. The molecule has 2 aromatic carbocycles. The second-order valence-corrected chi connectivity index (χ2v) is 6.58. The van der Waals surface area contributed by atoms with Crippen molar-refractivity contribution in [3.05, 3.63) is 70.2 Å². The van der Waals surface area contributed by atoms with Crippen molar-refractivity contribution in [1.82, 2.24) is 0 Å². The number of rotatable bonds is 4. The first-order valence-corrected chi connectivity index (χ1v) is 7.83. The van der Waals surface area contributed by atoms with Crippen molar-refractivity contribution in [1.29, 1.82) is 0 Å². The van der Waals surface area contributed by atoms with Crippen LogP contribution in [0.4, 0.5) is 0 Å². The van der Waals surface area contributed by atoms with Crippen LogP contribution in [0.25, 0.3) is 0 Å². The molecule has 0 radical (unpaired) electrons. The maximum atomic E-state index is 12.5. The van der Waals surface area contributed by atoms with E-state index < -0.39 is 0 Å². The minimum absolute atomic E-state index is 0.135. The Balaban J connectivity index is 1.71. The third kappa shape index (κ3) is 3.03. The quantitative estimate of drug-likeness (QED) is 0.686. The van der Waals surface area contributed by atoms with Crippen molar-refractivity contribution < 1.29 is 4.79 Å². The van der Waals surface area contributed by atoms with Gasteiger partial charge in [-0.2, -0.15) is 0 Å². The topological polar surface area (TPSA) is 17.1 Å². The average molecular weight is 299 g/mol. The minimum atomic E-state index is 0.135.